The molecular formula is C23H32N2O5S. The Morgan fingerprint density at radius 3 is 2.39 bits per heavy atom. The van der Waals surface area contributed by atoms with Crippen molar-refractivity contribution in [2.24, 2.45) is 0 Å². The van der Waals surface area contributed by atoms with Crippen LogP contribution in [0.5, 0.6) is 11.5 Å². The zero-order valence-corrected chi connectivity index (χ0v) is 19.3. The van der Waals surface area contributed by atoms with Crippen molar-refractivity contribution in [3.05, 3.63) is 53.6 Å². The molecule has 0 spiro atoms. The maximum absolute atomic E-state index is 12.5. The highest BCUT2D eigenvalue weighted by Crippen LogP contribution is 2.27. The highest BCUT2D eigenvalue weighted by molar-refractivity contribution is 7.92. The molecule has 0 atom stereocenters. The Bertz CT molecular complexity index is 960. The Morgan fingerprint density at radius 1 is 0.935 bits per heavy atom. The highest BCUT2D eigenvalue weighted by atomic mass is 32.2. The molecule has 31 heavy (non-hydrogen) atoms. The van der Waals surface area contributed by atoms with E-state index in [1.54, 1.807) is 19.2 Å². The van der Waals surface area contributed by atoms with Gasteiger partial charge in [-0.1, -0.05) is 24.6 Å². The number of hydrogen-bond donors (Lipinski definition) is 2. The van der Waals surface area contributed by atoms with E-state index in [9.17, 15) is 13.2 Å². The Labute approximate surface area is 185 Å². The first kappa shape index (κ1) is 24.7. The molecule has 0 aliphatic carbocycles. The van der Waals surface area contributed by atoms with Crippen LogP contribution in [0.4, 0.5) is 5.69 Å². The quantitative estimate of drug-likeness (QED) is 0.338. The fourth-order valence-corrected chi connectivity index (χ4v) is 3.83. The standard InChI is InChI=1S/C23H32N2O5S/c1-29-22-11-7-6-9-18(22)14-16-24-15-8-4-5-10-21(26)19-12-13-23(30-2)20(17-19)25-31(3,27)28/h6-7,9,11-13,17,24-25H,4-5,8,10,14-16H2,1-3H3. The number of ketones is 1. The number of anilines is 1. The summed E-state index contributed by atoms with van der Waals surface area (Å²) in [5, 5.41) is 3.43. The van der Waals surface area contributed by atoms with Gasteiger partial charge < -0.3 is 14.8 Å². The molecule has 170 valence electrons. The SMILES string of the molecule is COc1ccccc1CCNCCCCCC(=O)c1ccc(OC)c(NS(C)(=O)=O)c1. The first-order chi connectivity index (χ1) is 14.8. The van der Waals surface area contributed by atoms with Crippen molar-refractivity contribution in [2.75, 3.05) is 38.3 Å². The second-order valence-corrected chi connectivity index (χ2v) is 9.08. The third-order valence-electron chi connectivity index (χ3n) is 4.84. The van der Waals surface area contributed by atoms with Crippen LogP contribution in [0.15, 0.2) is 42.5 Å². The Morgan fingerprint density at radius 2 is 1.68 bits per heavy atom. The number of Topliss-reactive ketones (excluding diaryl/α,β-unsaturated/α-hetero) is 1. The van der Waals surface area contributed by atoms with E-state index in [0.717, 1.165) is 50.8 Å². The van der Waals surface area contributed by atoms with E-state index < -0.39 is 10.0 Å². The molecule has 2 N–H and O–H groups in total. The number of methoxy groups -OCH3 is 2. The average molecular weight is 449 g/mol. The maximum atomic E-state index is 12.5. The summed E-state index contributed by atoms with van der Waals surface area (Å²) in [6, 6.07) is 12.8. The van der Waals surface area contributed by atoms with Crippen LogP contribution in [-0.4, -0.2) is 47.8 Å². The number of rotatable bonds is 14. The summed E-state index contributed by atoms with van der Waals surface area (Å²) in [6.45, 7) is 1.77. The molecule has 0 radical (unpaired) electrons. The third-order valence-corrected chi connectivity index (χ3v) is 5.43. The van der Waals surface area contributed by atoms with Crippen molar-refractivity contribution < 1.29 is 22.7 Å². The van der Waals surface area contributed by atoms with E-state index in [-0.39, 0.29) is 11.5 Å². The van der Waals surface area contributed by atoms with Crippen LogP contribution in [0.25, 0.3) is 0 Å². The normalized spacial score (nSPS) is 11.2. The minimum atomic E-state index is -3.46. The molecule has 2 rings (SSSR count). The second-order valence-electron chi connectivity index (χ2n) is 7.33. The number of unbranched alkanes of at least 4 members (excludes halogenated alkanes) is 2. The number of hydrogen-bond acceptors (Lipinski definition) is 6. The van der Waals surface area contributed by atoms with Gasteiger partial charge in [0.05, 0.1) is 26.2 Å². The summed E-state index contributed by atoms with van der Waals surface area (Å²) in [7, 11) is -0.325. The minimum Gasteiger partial charge on any atom is -0.496 e. The van der Waals surface area contributed by atoms with E-state index in [1.165, 1.54) is 18.7 Å². The summed E-state index contributed by atoms with van der Waals surface area (Å²) in [5.41, 5.74) is 1.93. The minimum absolute atomic E-state index is 0.0108. The lowest BCUT2D eigenvalue weighted by molar-refractivity contribution is 0.0979. The smallest absolute Gasteiger partial charge is 0.229 e. The Balaban J connectivity index is 1.69. The molecule has 2 aromatic rings. The van der Waals surface area contributed by atoms with Gasteiger partial charge in [0.25, 0.3) is 0 Å². The van der Waals surface area contributed by atoms with Crippen LogP contribution < -0.4 is 19.5 Å². The van der Waals surface area contributed by atoms with Gasteiger partial charge in [0.2, 0.25) is 10.0 Å². The molecular weight excluding hydrogens is 416 g/mol. The first-order valence-electron chi connectivity index (χ1n) is 10.4. The average Bonchev–Trinajstić information content (AvgIpc) is 2.74. The van der Waals surface area contributed by atoms with E-state index >= 15 is 0 Å². The molecule has 0 unspecified atom stereocenters. The van der Waals surface area contributed by atoms with Gasteiger partial charge in [0.1, 0.15) is 11.5 Å². The summed E-state index contributed by atoms with van der Waals surface area (Å²) in [5.74, 6) is 1.28. The van der Waals surface area contributed by atoms with E-state index in [0.29, 0.717) is 17.7 Å². The van der Waals surface area contributed by atoms with Crippen molar-refractivity contribution in [2.45, 2.75) is 32.1 Å². The van der Waals surface area contributed by atoms with Crippen LogP contribution in [-0.2, 0) is 16.4 Å². The molecule has 0 aliphatic rings. The van der Waals surface area contributed by atoms with Crippen LogP contribution in [0.2, 0.25) is 0 Å². The number of nitrogens with one attached hydrogen (secondary N) is 2. The number of carbonyl (C=O) groups is 1. The van der Waals surface area contributed by atoms with Gasteiger partial charge in [0, 0.05) is 12.0 Å². The van der Waals surface area contributed by atoms with Crippen molar-refractivity contribution in [3.8, 4) is 11.5 Å². The molecule has 0 aromatic heterocycles. The molecule has 8 heteroatoms. The summed E-state index contributed by atoms with van der Waals surface area (Å²) >= 11 is 0. The van der Waals surface area contributed by atoms with E-state index in [2.05, 4.69) is 16.1 Å². The Kier molecular flexibility index (Phi) is 9.81. The lowest BCUT2D eigenvalue weighted by atomic mass is 10.0. The molecule has 0 aliphatic heterocycles. The van der Waals surface area contributed by atoms with Gasteiger partial charge in [-0.3, -0.25) is 9.52 Å². The fourth-order valence-electron chi connectivity index (χ4n) is 3.28. The molecule has 0 heterocycles. The summed E-state index contributed by atoms with van der Waals surface area (Å²) in [6.07, 6.45) is 5.11. The van der Waals surface area contributed by atoms with Crippen molar-refractivity contribution in [1.29, 1.82) is 0 Å². The number of carbonyl (C=O) groups excluding carboxylic acids is 1. The largest absolute Gasteiger partial charge is 0.496 e. The maximum Gasteiger partial charge on any atom is 0.229 e. The zero-order chi connectivity index (χ0) is 22.7. The van der Waals surface area contributed by atoms with Crippen LogP contribution in [0.3, 0.4) is 0 Å². The third kappa shape index (κ3) is 8.59. The van der Waals surface area contributed by atoms with Gasteiger partial charge in [-0.15, -0.1) is 0 Å². The highest BCUT2D eigenvalue weighted by Gasteiger charge is 2.13. The van der Waals surface area contributed by atoms with Crippen molar-refractivity contribution in [1.82, 2.24) is 5.32 Å². The predicted molar refractivity (Wildman–Crippen MR) is 124 cm³/mol. The summed E-state index contributed by atoms with van der Waals surface area (Å²) in [4.78, 5) is 12.5. The molecule has 0 amide bonds. The van der Waals surface area contributed by atoms with Gasteiger partial charge >= 0.3 is 0 Å². The van der Waals surface area contributed by atoms with Crippen molar-refractivity contribution in [3.63, 3.8) is 0 Å². The van der Waals surface area contributed by atoms with Gasteiger partial charge in [-0.05, 0) is 62.2 Å². The topological polar surface area (TPSA) is 93.7 Å². The second kappa shape index (κ2) is 12.3. The monoisotopic (exact) mass is 448 g/mol. The zero-order valence-electron chi connectivity index (χ0n) is 18.4. The lowest BCUT2D eigenvalue weighted by Crippen LogP contribution is -2.18. The van der Waals surface area contributed by atoms with Gasteiger partial charge in [-0.25, -0.2) is 8.42 Å². The van der Waals surface area contributed by atoms with Gasteiger partial charge in [-0.2, -0.15) is 0 Å². The molecule has 0 saturated heterocycles. The van der Waals surface area contributed by atoms with Crippen molar-refractivity contribution >= 4 is 21.5 Å². The first-order valence-corrected chi connectivity index (χ1v) is 12.2. The van der Waals surface area contributed by atoms with Crippen LogP contribution >= 0.6 is 0 Å². The summed E-state index contributed by atoms with van der Waals surface area (Å²) < 4.78 is 35.9. The number of ether oxygens (including phenoxy) is 2. The molecule has 2 aromatic carbocycles. The molecule has 0 bridgehead atoms. The number of para-hydroxylation sites is 1. The van der Waals surface area contributed by atoms with Crippen LogP contribution in [0.1, 0.15) is 41.6 Å². The Hall–Kier alpha value is -2.58. The fraction of sp³-hybridized carbons (Fsp3) is 0.435. The van der Waals surface area contributed by atoms with Gasteiger partial charge in [0.15, 0.2) is 5.78 Å². The molecule has 7 nitrogen and oxygen atoms in total. The number of benzene rings is 2. The number of sulfonamides is 1. The lowest BCUT2D eigenvalue weighted by Gasteiger charge is -2.11. The van der Waals surface area contributed by atoms with E-state index in [1.807, 2.05) is 18.2 Å². The molecule has 0 fully saturated rings. The molecule has 0 saturated carbocycles. The van der Waals surface area contributed by atoms with E-state index in [4.69, 9.17) is 9.47 Å². The predicted octanol–water partition coefficient (Wildman–Crippen LogP) is 3.65. The van der Waals surface area contributed by atoms with Crippen LogP contribution in [0, 0.1) is 0 Å².